The largest absolute Gasteiger partial charge is 0.454 e. The molecule has 0 saturated heterocycles. The average molecular weight is 612 g/mol. The van der Waals surface area contributed by atoms with E-state index >= 15 is 0 Å². The number of nitrogens with zero attached hydrogens (tertiary/aromatic N) is 3. The minimum atomic E-state index is -0.728. The Bertz CT molecular complexity index is 1650. The second kappa shape index (κ2) is 12.9. The Morgan fingerprint density at radius 1 is 1.00 bits per heavy atom. The van der Waals surface area contributed by atoms with Crippen LogP contribution in [-0.2, 0) is 27.5 Å². The van der Waals surface area contributed by atoms with E-state index in [2.05, 4.69) is 10.6 Å². The second-order valence-corrected chi connectivity index (χ2v) is 11.9. The molecule has 0 bridgehead atoms. The predicted octanol–water partition coefficient (Wildman–Crippen LogP) is 4.61. The zero-order valence-corrected chi connectivity index (χ0v) is 25.4. The van der Waals surface area contributed by atoms with E-state index in [0.717, 1.165) is 22.3 Å². The summed E-state index contributed by atoms with van der Waals surface area (Å²) >= 11 is 1.26. The topological polar surface area (TPSA) is 122 Å². The van der Waals surface area contributed by atoms with Gasteiger partial charge in [-0.3, -0.25) is 19.4 Å². The lowest BCUT2D eigenvalue weighted by atomic mass is 10.1. The van der Waals surface area contributed by atoms with Gasteiger partial charge in [-0.25, -0.2) is 9.89 Å². The highest BCUT2D eigenvalue weighted by atomic mass is 32.2. The minimum Gasteiger partial charge on any atom is -0.454 e. The molecular weight excluding hydrogens is 578 g/mol. The van der Waals surface area contributed by atoms with Crippen LogP contribution in [0.25, 0.3) is 0 Å². The number of ether oxygens (including phenoxy) is 2. The average Bonchev–Trinajstić information content (AvgIpc) is 3.65. The van der Waals surface area contributed by atoms with Crippen LogP contribution in [0.2, 0.25) is 0 Å². The Balaban J connectivity index is 1.10. The van der Waals surface area contributed by atoms with Crippen LogP contribution in [0.5, 0.6) is 11.5 Å². The first-order valence-corrected chi connectivity index (χ1v) is 15.5. The fourth-order valence-electron chi connectivity index (χ4n) is 5.14. The van der Waals surface area contributed by atoms with Crippen molar-refractivity contribution in [2.45, 2.75) is 57.5 Å². The summed E-state index contributed by atoms with van der Waals surface area (Å²) in [5, 5.41) is 5.89. The molecule has 3 aromatic rings. The smallest absolute Gasteiger partial charge is 0.259 e. The summed E-state index contributed by atoms with van der Waals surface area (Å²) in [6.07, 6.45) is 0.929. The predicted molar refractivity (Wildman–Crippen MR) is 169 cm³/mol. The van der Waals surface area contributed by atoms with E-state index in [1.165, 1.54) is 16.7 Å². The van der Waals surface area contributed by atoms with Gasteiger partial charge in [-0.05, 0) is 55.2 Å². The number of para-hydroxylation sites is 1. The van der Waals surface area contributed by atoms with Gasteiger partial charge in [0.2, 0.25) is 18.6 Å². The Labute approximate surface area is 259 Å². The number of thioether (sulfide) groups is 1. The van der Waals surface area contributed by atoms with Gasteiger partial charge in [0, 0.05) is 25.1 Å². The number of fused-ring (bicyclic) bond motifs is 4. The summed E-state index contributed by atoms with van der Waals surface area (Å²) in [4.78, 5) is 50.7. The van der Waals surface area contributed by atoms with E-state index < -0.39 is 11.3 Å². The van der Waals surface area contributed by atoms with Crippen LogP contribution in [0.3, 0.4) is 0 Å². The first kappa shape index (κ1) is 29.4. The molecule has 3 aliphatic rings. The highest BCUT2D eigenvalue weighted by molar-refractivity contribution is 8.15. The number of aryl methyl sites for hydroxylation is 1. The number of amidine groups is 2. The number of carbonyl (C=O) groups excluding carboxylic acids is 3. The van der Waals surface area contributed by atoms with Crippen molar-refractivity contribution in [1.29, 1.82) is 0 Å². The van der Waals surface area contributed by atoms with Crippen LogP contribution in [0.15, 0.2) is 76.7 Å². The molecule has 226 valence electrons. The molecule has 0 aliphatic carbocycles. The maximum absolute atomic E-state index is 13.7. The number of hydrogen-bond acceptors (Lipinski definition) is 8. The van der Waals surface area contributed by atoms with Gasteiger partial charge in [-0.15, -0.1) is 0 Å². The Morgan fingerprint density at radius 2 is 1.75 bits per heavy atom. The quantitative estimate of drug-likeness (QED) is 0.346. The summed E-state index contributed by atoms with van der Waals surface area (Å²) in [5.41, 5.74) is 4.50. The van der Waals surface area contributed by atoms with Crippen molar-refractivity contribution in [2.24, 2.45) is 9.98 Å². The van der Waals surface area contributed by atoms with E-state index in [9.17, 15) is 14.4 Å². The molecule has 0 radical (unpaired) electrons. The summed E-state index contributed by atoms with van der Waals surface area (Å²) < 4.78 is 10.7. The number of rotatable bonds is 10. The third-order valence-electron chi connectivity index (χ3n) is 7.62. The third-order valence-corrected chi connectivity index (χ3v) is 8.93. The molecule has 0 fully saturated rings. The van der Waals surface area contributed by atoms with Gasteiger partial charge < -0.3 is 20.1 Å². The van der Waals surface area contributed by atoms with Gasteiger partial charge >= 0.3 is 0 Å². The summed E-state index contributed by atoms with van der Waals surface area (Å²) in [6, 6.07) is 20.3. The van der Waals surface area contributed by atoms with Crippen molar-refractivity contribution >= 4 is 46.2 Å². The van der Waals surface area contributed by atoms with Crippen molar-refractivity contribution < 1.29 is 23.9 Å². The molecule has 3 aromatic carbocycles. The number of nitrogens with one attached hydrogen (secondary N) is 2. The van der Waals surface area contributed by atoms with Crippen molar-refractivity contribution in [1.82, 2.24) is 15.5 Å². The van der Waals surface area contributed by atoms with Crippen molar-refractivity contribution in [3.8, 4) is 11.5 Å². The molecule has 0 unspecified atom stereocenters. The molecule has 3 amide bonds. The van der Waals surface area contributed by atoms with Crippen LogP contribution in [0, 0.1) is 6.92 Å². The molecule has 3 heterocycles. The third kappa shape index (κ3) is 6.33. The molecule has 0 saturated carbocycles. The lowest BCUT2D eigenvalue weighted by molar-refractivity contribution is -0.125. The zero-order chi connectivity index (χ0) is 30.6. The Morgan fingerprint density at radius 3 is 2.57 bits per heavy atom. The van der Waals surface area contributed by atoms with Gasteiger partial charge in [-0.1, -0.05) is 66.7 Å². The number of carbonyl (C=O) groups is 3. The van der Waals surface area contributed by atoms with Crippen LogP contribution < -0.4 is 20.1 Å². The maximum atomic E-state index is 13.7. The number of hydrogen-bond donors (Lipinski definition) is 2. The van der Waals surface area contributed by atoms with Crippen LogP contribution in [0.4, 0.5) is 5.69 Å². The molecule has 0 aromatic heterocycles. The van der Waals surface area contributed by atoms with Gasteiger partial charge in [0.1, 0.15) is 11.9 Å². The van der Waals surface area contributed by atoms with Crippen LogP contribution in [-0.4, -0.2) is 51.7 Å². The van der Waals surface area contributed by atoms with Gasteiger partial charge in [0.15, 0.2) is 16.7 Å². The van der Waals surface area contributed by atoms with E-state index in [1.807, 2.05) is 80.6 Å². The maximum Gasteiger partial charge on any atom is 0.259 e. The standard InChI is InChI=1S/C33H33N5O5S/c1-3-28(31(40)35-17-21-10-8-20(2)9-11-21)44-33-37-24-7-5-4-6-23(24)30-36-25(32(41)38(30)33)13-15-29(39)34-18-22-12-14-26-27(16-22)43-19-42-26/h4-12,14,16,25,28H,3,13,15,17-19H2,1-2H3,(H,34,39)(H,35,40)/t25-,28+/m1/s1. The van der Waals surface area contributed by atoms with Crippen LogP contribution >= 0.6 is 11.8 Å². The number of aliphatic imine (C=N–C) groups is 2. The van der Waals surface area contributed by atoms with Crippen LogP contribution in [0.1, 0.15) is 48.4 Å². The highest BCUT2D eigenvalue weighted by Crippen LogP contribution is 2.36. The number of amides is 3. The molecular formula is C33H33N5O5S. The monoisotopic (exact) mass is 611 g/mol. The molecule has 2 atom stereocenters. The lowest BCUT2D eigenvalue weighted by Crippen LogP contribution is -2.43. The summed E-state index contributed by atoms with van der Waals surface area (Å²) in [7, 11) is 0. The number of benzene rings is 3. The fraction of sp³-hybridized carbons (Fsp3) is 0.303. The minimum absolute atomic E-state index is 0.125. The molecule has 6 rings (SSSR count). The SMILES string of the molecule is CC[C@H](SC1=Nc2ccccc2C2=N[C@H](CCC(=O)NCc3ccc4c(c3)OCO4)C(=O)N12)C(=O)NCc1ccc(C)cc1. The van der Waals surface area contributed by atoms with E-state index in [4.69, 9.17) is 19.5 Å². The van der Waals surface area contributed by atoms with E-state index in [1.54, 1.807) is 0 Å². The molecule has 2 N–H and O–H groups in total. The molecule has 3 aliphatic heterocycles. The first-order valence-electron chi connectivity index (χ1n) is 14.6. The molecule has 10 nitrogen and oxygen atoms in total. The normalized spacial score (nSPS) is 16.9. The van der Waals surface area contributed by atoms with E-state index in [0.29, 0.717) is 47.7 Å². The molecule has 44 heavy (non-hydrogen) atoms. The van der Waals surface area contributed by atoms with Gasteiger partial charge in [0.05, 0.1) is 10.9 Å². The van der Waals surface area contributed by atoms with Crippen molar-refractivity contribution in [3.63, 3.8) is 0 Å². The van der Waals surface area contributed by atoms with Crippen molar-refractivity contribution in [2.75, 3.05) is 6.79 Å². The van der Waals surface area contributed by atoms with Gasteiger partial charge in [-0.2, -0.15) is 0 Å². The lowest BCUT2D eigenvalue weighted by Gasteiger charge is -2.27. The summed E-state index contributed by atoms with van der Waals surface area (Å²) in [6.45, 7) is 4.90. The molecule has 11 heteroatoms. The fourth-order valence-corrected chi connectivity index (χ4v) is 6.18. The van der Waals surface area contributed by atoms with Crippen molar-refractivity contribution in [3.05, 3.63) is 89.0 Å². The summed E-state index contributed by atoms with van der Waals surface area (Å²) in [5.74, 6) is 1.29. The first-order chi connectivity index (χ1) is 21.4. The molecule has 0 spiro atoms. The Hall–Kier alpha value is -4.64. The second-order valence-electron chi connectivity index (χ2n) is 10.8. The van der Waals surface area contributed by atoms with Gasteiger partial charge in [0.25, 0.3) is 5.91 Å². The van der Waals surface area contributed by atoms with E-state index in [-0.39, 0.29) is 37.4 Å². The Kier molecular flexibility index (Phi) is 8.65. The highest BCUT2D eigenvalue weighted by Gasteiger charge is 2.42. The zero-order valence-electron chi connectivity index (χ0n) is 24.5.